The Bertz CT molecular complexity index is 946. The maximum Gasteiger partial charge on any atom is 0.343 e. The zero-order chi connectivity index (χ0) is 19.5. The molecule has 2 aromatic rings. The van der Waals surface area contributed by atoms with Crippen LogP contribution in [-0.4, -0.2) is 28.6 Å². The molecular formula is C17H17BrFNO5S. The van der Waals surface area contributed by atoms with Gasteiger partial charge in [-0.3, -0.25) is 4.72 Å². The number of rotatable bonds is 6. The van der Waals surface area contributed by atoms with Crippen LogP contribution in [0.4, 0.5) is 10.1 Å². The number of halogens is 2. The van der Waals surface area contributed by atoms with Crippen LogP contribution in [0, 0.1) is 5.82 Å². The lowest BCUT2D eigenvalue weighted by atomic mass is 10.0. The van der Waals surface area contributed by atoms with Gasteiger partial charge in [-0.05, 0) is 46.1 Å². The van der Waals surface area contributed by atoms with Crippen molar-refractivity contribution in [1.82, 2.24) is 0 Å². The molecule has 6 nitrogen and oxygen atoms in total. The van der Waals surface area contributed by atoms with Gasteiger partial charge in [0.05, 0.1) is 19.9 Å². The van der Waals surface area contributed by atoms with E-state index in [4.69, 9.17) is 9.47 Å². The van der Waals surface area contributed by atoms with Crippen LogP contribution < -0.4 is 9.46 Å². The van der Waals surface area contributed by atoms with E-state index in [-0.39, 0.29) is 17.0 Å². The van der Waals surface area contributed by atoms with Crippen LogP contribution in [0.25, 0.3) is 0 Å². The molecule has 0 amide bonds. The minimum absolute atomic E-state index is 0.0887. The Labute approximate surface area is 159 Å². The highest BCUT2D eigenvalue weighted by Gasteiger charge is 2.28. The first-order valence-electron chi connectivity index (χ1n) is 7.51. The van der Waals surface area contributed by atoms with Crippen molar-refractivity contribution >= 4 is 37.6 Å². The quantitative estimate of drug-likeness (QED) is 0.684. The summed E-state index contributed by atoms with van der Waals surface area (Å²) in [5.74, 6) is -1.51. The molecule has 9 heteroatoms. The summed E-state index contributed by atoms with van der Waals surface area (Å²) in [5, 5.41) is 0. The molecule has 0 aromatic heterocycles. The number of carbonyl (C=O) groups is 1. The summed E-state index contributed by atoms with van der Waals surface area (Å²) in [6.07, 6.45) is 0.534. The second-order valence-corrected chi connectivity index (χ2v) is 7.69. The highest BCUT2D eigenvalue weighted by atomic mass is 79.9. The first-order valence-corrected chi connectivity index (χ1v) is 9.79. The molecule has 0 saturated heterocycles. The smallest absolute Gasteiger partial charge is 0.343 e. The van der Waals surface area contributed by atoms with E-state index in [1.165, 1.54) is 26.4 Å². The number of benzene rings is 2. The summed E-state index contributed by atoms with van der Waals surface area (Å²) in [5.41, 5.74) is 0.490. The predicted molar refractivity (Wildman–Crippen MR) is 98.6 cm³/mol. The summed E-state index contributed by atoms with van der Waals surface area (Å²) in [7, 11) is -1.76. The lowest BCUT2D eigenvalue weighted by molar-refractivity contribution is 0.0598. The second-order valence-electron chi connectivity index (χ2n) is 5.18. The second kappa shape index (κ2) is 8.05. The number of esters is 1. The Kier molecular flexibility index (Phi) is 6.25. The minimum atomic E-state index is -4.29. The van der Waals surface area contributed by atoms with E-state index in [0.29, 0.717) is 16.5 Å². The number of carbonyl (C=O) groups excluding carboxylic acids is 1. The van der Waals surface area contributed by atoms with Crippen LogP contribution in [0.5, 0.6) is 5.75 Å². The molecule has 140 valence electrons. The maximum absolute atomic E-state index is 13.9. The van der Waals surface area contributed by atoms with Gasteiger partial charge in [0.15, 0.2) is 0 Å². The van der Waals surface area contributed by atoms with Gasteiger partial charge in [0.2, 0.25) is 0 Å². The third-order valence-corrected chi connectivity index (χ3v) is 5.65. The van der Waals surface area contributed by atoms with Crippen molar-refractivity contribution in [1.29, 1.82) is 0 Å². The van der Waals surface area contributed by atoms with Gasteiger partial charge in [-0.15, -0.1) is 0 Å². The molecule has 0 aliphatic heterocycles. The summed E-state index contributed by atoms with van der Waals surface area (Å²) in [6.45, 7) is 1.86. The molecule has 0 radical (unpaired) electrons. The number of nitrogens with one attached hydrogen (secondary N) is 1. The van der Waals surface area contributed by atoms with Gasteiger partial charge in [-0.2, -0.15) is 0 Å². The lowest BCUT2D eigenvalue weighted by Gasteiger charge is -2.19. The van der Waals surface area contributed by atoms with E-state index in [9.17, 15) is 17.6 Å². The van der Waals surface area contributed by atoms with Gasteiger partial charge in [-0.1, -0.05) is 19.1 Å². The summed E-state index contributed by atoms with van der Waals surface area (Å²) >= 11 is 3.26. The number of hydrogen-bond acceptors (Lipinski definition) is 5. The van der Waals surface area contributed by atoms with Crippen LogP contribution in [0.2, 0.25) is 0 Å². The van der Waals surface area contributed by atoms with E-state index in [0.717, 1.165) is 12.1 Å². The fourth-order valence-electron chi connectivity index (χ4n) is 2.43. The largest absolute Gasteiger partial charge is 0.495 e. The fraction of sp³-hybridized carbons (Fsp3) is 0.235. The molecule has 0 atom stereocenters. The number of ether oxygens (including phenoxy) is 2. The van der Waals surface area contributed by atoms with E-state index < -0.39 is 26.7 Å². The van der Waals surface area contributed by atoms with Gasteiger partial charge >= 0.3 is 5.97 Å². The van der Waals surface area contributed by atoms with Crippen LogP contribution >= 0.6 is 15.9 Å². The SMILES string of the molecule is CCc1cc(Br)c(NS(=O)(=O)c2ccccc2F)c(C(=O)OC)c1OC. The monoisotopic (exact) mass is 445 g/mol. The zero-order valence-electron chi connectivity index (χ0n) is 14.3. The highest BCUT2D eigenvalue weighted by Crippen LogP contribution is 2.39. The summed E-state index contributed by atoms with van der Waals surface area (Å²) < 4.78 is 51.8. The number of anilines is 1. The third-order valence-electron chi connectivity index (χ3n) is 3.65. The molecule has 0 aliphatic rings. The number of hydrogen-bond donors (Lipinski definition) is 1. The maximum atomic E-state index is 13.9. The van der Waals surface area contributed by atoms with Crippen molar-refractivity contribution in [2.75, 3.05) is 18.9 Å². The van der Waals surface area contributed by atoms with Gasteiger partial charge in [0.25, 0.3) is 10.0 Å². The molecule has 0 spiro atoms. The Morgan fingerprint density at radius 2 is 1.92 bits per heavy atom. The van der Waals surface area contributed by atoms with Gasteiger partial charge in [0, 0.05) is 4.47 Å². The summed E-state index contributed by atoms with van der Waals surface area (Å²) in [6, 6.07) is 6.56. The van der Waals surface area contributed by atoms with E-state index in [1.54, 1.807) is 6.07 Å². The molecule has 2 aromatic carbocycles. The average Bonchev–Trinajstić information content (AvgIpc) is 2.62. The third kappa shape index (κ3) is 3.83. The van der Waals surface area contributed by atoms with E-state index >= 15 is 0 Å². The van der Waals surface area contributed by atoms with Crippen LogP contribution in [0.15, 0.2) is 39.7 Å². The number of sulfonamides is 1. The first kappa shape index (κ1) is 20.2. The van der Waals surface area contributed by atoms with Crippen molar-refractivity contribution in [2.45, 2.75) is 18.2 Å². The number of methoxy groups -OCH3 is 2. The van der Waals surface area contributed by atoms with Gasteiger partial charge in [-0.25, -0.2) is 17.6 Å². The molecule has 0 aliphatic carbocycles. The van der Waals surface area contributed by atoms with E-state index in [1.807, 2.05) is 6.92 Å². The molecular weight excluding hydrogens is 429 g/mol. The first-order chi connectivity index (χ1) is 12.3. The summed E-state index contributed by atoms with van der Waals surface area (Å²) in [4.78, 5) is 11.8. The van der Waals surface area contributed by atoms with Crippen molar-refractivity contribution in [2.24, 2.45) is 0 Å². The lowest BCUT2D eigenvalue weighted by Crippen LogP contribution is -2.19. The molecule has 26 heavy (non-hydrogen) atoms. The molecule has 2 rings (SSSR count). The van der Waals surface area contributed by atoms with Gasteiger partial charge < -0.3 is 9.47 Å². The minimum Gasteiger partial charge on any atom is -0.495 e. The molecule has 1 N–H and O–H groups in total. The molecule has 0 heterocycles. The molecule has 0 fully saturated rings. The molecule has 0 unspecified atom stereocenters. The zero-order valence-corrected chi connectivity index (χ0v) is 16.7. The highest BCUT2D eigenvalue weighted by molar-refractivity contribution is 9.10. The molecule has 0 bridgehead atoms. The number of aryl methyl sites for hydroxylation is 1. The standard InChI is InChI=1S/C17H17BrFNO5S/c1-4-10-9-11(18)15(14(16(10)24-2)17(21)25-3)20-26(22,23)13-8-6-5-7-12(13)19/h5-9,20H,4H2,1-3H3. The van der Waals surface area contributed by atoms with Crippen molar-refractivity contribution < 1.29 is 27.1 Å². The van der Waals surface area contributed by atoms with Crippen LogP contribution in [0.1, 0.15) is 22.8 Å². The Morgan fingerprint density at radius 1 is 1.27 bits per heavy atom. The Balaban J connectivity index is 2.70. The Morgan fingerprint density at radius 3 is 2.46 bits per heavy atom. The van der Waals surface area contributed by atoms with E-state index in [2.05, 4.69) is 20.7 Å². The fourth-order valence-corrected chi connectivity index (χ4v) is 4.31. The predicted octanol–water partition coefficient (Wildman–Crippen LogP) is 3.75. The van der Waals surface area contributed by atoms with Crippen molar-refractivity contribution in [3.05, 3.63) is 51.7 Å². The molecule has 0 saturated carbocycles. The van der Waals surface area contributed by atoms with Crippen LogP contribution in [-0.2, 0) is 21.2 Å². The average molecular weight is 446 g/mol. The topological polar surface area (TPSA) is 81.7 Å². The van der Waals surface area contributed by atoms with Crippen LogP contribution in [0.3, 0.4) is 0 Å². The normalized spacial score (nSPS) is 11.1. The van der Waals surface area contributed by atoms with Crippen molar-refractivity contribution in [3.8, 4) is 5.75 Å². The van der Waals surface area contributed by atoms with Crippen molar-refractivity contribution in [3.63, 3.8) is 0 Å². The Hall–Kier alpha value is -2.13. The van der Waals surface area contributed by atoms with Gasteiger partial charge in [0.1, 0.15) is 22.0 Å².